The number of carbonyl (C=O) groups excluding carboxylic acids is 1. The Morgan fingerprint density at radius 2 is 1.89 bits per heavy atom. The number of nitrogens with zero attached hydrogens (tertiary/aromatic N) is 2. The minimum absolute atomic E-state index is 0.295. The number of Topliss-reactive ketones (excluding diaryl/α,β-unsaturated/α-hetero) is 1. The number of rotatable bonds is 7. The van der Waals surface area contributed by atoms with Crippen LogP contribution in [0.25, 0.3) is 0 Å². The van der Waals surface area contributed by atoms with Crippen molar-refractivity contribution in [1.82, 2.24) is 9.80 Å². The SMILES string of the molecule is CC(C)CN(CCN(C)C)CC1CCCCCC1=O. The second-order valence-corrected chi connectivity index (χ2v) is 6.72. The Kier molecular flexibility index (Phi) is 7.62. The van der Waals surface area contributed by atoms with E-state index in [1.54, 1.807) is 0 Å². The van der Waals surface area contributed by atoms with Gasteiger partial charge in [-0.3, -0.25) is 4.79 Å². The maximum Gasteiger partial charge on any atom is 0.137 e. The van der Waals surface area contributed by atoms with E-state index in [1.807, 2.05) is 0 Å². The van der Waals surface area contributed by atoms with Crippen molar-refractivity contribution in [1.29, 1.82) is 0 Å². The zero-order valence-electron chi connectivity index (χ0n) is 13.3. The summed E-state index contributed by atoms with van der Waals surface area (Å²) in [7, 11) is 4.23. The second-order valence-electron chi connectivity index (χ2n) is 6.72. The zero-order chi connectivity index (χ0) is 14.3. The summed E-state index contributed by atoms with van der Waals surface area (Å²) in [6.45, 7) is 8.76. The summed E-state index contributed by atoms with van der Waals surface area (Å²) in [4.78, 5) is 16.9. The van der Waals surface area contributed by atoms with Gasteiger partial charge in [-0.05, 0) is 32.9 Å². The molecular formula is C16H32N2O. The van der Waals surface area contributed by atoms with E-state index in [0.29, 0.717) is 17.6 Å². The van der Waals surface area contributed by atoms with Gasteiger partial charge in [0.25, 0.3) is 0 Å². The van der Waals surface area contributed by atoms with Crippen molar-refractivity contribution >= 4 is 5.78 Å². The van der Waals surface area contributed by atoms with Crippen molar-refractivity contribution in [3.63, 3.8) is 0 Å². The summed E-state index contributed by atoms with van der Waals surface area (Å²) in [5.74, 6) is 1.47. The third-order valence-electron chi connectivity index (χ3n) is 3.90. The first-order valence-electron chi connectivity index (χ1n) is 7.89. The third-order valence-corrected chi connectivity index (χ3v) is 3.90. The Morgan fingerprint density at radius 1 is 1.16 bits per heavy atom. The fraction of sp³-hybridized carbons (Fsp3) is 0.938. The molecule has 19 heavy (non-hydrogen) atoms. The lowest BCUT2D eigenvalue weighted by molar-refractivity contribution is -0.123. The normalized spacial score (nSPS) is 21.4. The molecule has 0 saturated heterocycles. The number of hydrogen-bond acceptors (Lipinski definition) is 3. The molecule has 0 amide bonds. The molecule has 0 spiro atoms. The van der Waals surface area contributed by atoms with Crippen LogP contribution in [0.15, 0.2) is 0 Å². The van der Waals surface area contributed by atoms with Crippen molar-refractivity contribution in [2.75, 3.05) is 40.3 Å². The van der Waals surface area contributed by atoms with Gasteiger partial charge >= 0.3 is 0 Å². The lowest BCUT2D eigenvalue weighted by atomic mass is 9.98. The zero-order valence-corrected chi connectivity index (χ0v) is 13.3. The molecule has 0 heterocycles. The van der Waals surface area contributed by atoms with Gasteiger partial charge in [0.1, 0.15) is 5.78 Å². The van der Waals surface area contributed by atoms with E-state index < -0.39 is 0 Å². The molecule has 1 unspecified atom stereocenters. The highest BCUT2D eigenvalue weighted by atomic mass is 16.1. The standard InChI is InChI=1S/C16H32N2O/c1-14(2)12-18(11-10-17(3)4)13-15-8-6-5-7-9-16(15)19/h14-15H,5-13H2,1-4H3. The predicted molar refractivity (Wildman–Crippen MR) is 81.4 cm³/mol. The molecule has 0 radical (unpaired) electrons. The average molecular weight is 268 g/mol. The Bertz CT molecular complexity index is 263. The lowest BCUT2D eigenvalue weighted by Gasteiger charge is -2.29. The van der Waals surface area contributed by atoms with Gasteiger partial charge in [-0.1, -0.05) is 26.7 Å². The molecule has 3 nitrogen and oxygen atoms in total. The van der Waals surface area contributed by atoms with E-state index in [-0.39, 0.29) is 0 Å². The van der Waals surface area contributed by atoms with Crippen molar-refractivity contribution < 1.29 is 4.79 Å². The number of ketones is 1. The Hall–Kier alpha value is -0.410. The third kappa shape index (κ3) is 7.07. The number of hydrogen-bond donors (Lipinski definition) is 0. The molecule has 1 rings (SSSR count). The summed E-state index contributed by atoms with van der Waals surface area (Å²) >= 11 is 0. The Balaban J connectivity index is 2.50. The molecule has 0 aromatic heterocycles. The topological polar surface area (TPSA) is 23.6 Å². The second kappa shape index (κ2) is 8.70. The molecule has 0 aliphatic heterocycles. The van der Waals surface area contributed by atoms with E-state index in [0.717, 1.165) is 45.4 Å². The lowest BCUT2D eigenvalue weighted by Crippen LogP contribution is -2.39. The van der Waals surface area contributed by atoms with Gasteiger partial charge in [-0.25, -0.2) is 0 Å². The summed E-state index contributed by atoms with van der Waals surface area (Å²) in [5, 5.41) is 0. The van der Waals surface area contributed by atoms with Gasteiger partial charge in [0.05, 0.1) is 0 Å². The molecule has 112 valence electrons. The van der Waals surface area contributed by atoms with Crippen LogP contribution in [0.2, 0.25) is 0 Å². The monoisotopic (exact) mass is 268 g/mol. The number of likely N-dealkylation sites (N-methyl/N-ethyl adjacent to an activating group) is 1. The molecule has 0 aromatic carbocycles. The maximum absolute atomic E-state index is 12.1. The summed E-state index contributed by atoms with van der Waals surface area (Å²) in [5.41, 5.74) is 0. The van der Waals surface area contributed by atoms with Gasteiger partial charge in [0.15, 0.2) is 0 Å². The summed E-state index contributed by atoms with van der Waals surface area (Å²) in [6, 6.07) is 0. The number of carbonyl (C=O) groups is 1. The minimum Gasteiger partial charge on any atom is -0.308 e. The first-order valence-corrected chi connectivity index (χ1v) is 7.89. The average Bonchev–Trinajstić information content (AvgIpc) is 2.51. The van der Waals surface area contributed by atoms with Gasteiger partial charge < -0.3 is 9.80 Å². The smallest absolute Gasteiger partial charge is 0.137 e. The van der Waals surface area contributed by atoms with Crippen LogP contribution < -0.4 is 0 Å². The quantitative estimate of drug-likeness (QED) is 0.663. The molecule has 1 atom stereocenters. The highest BCUT2D eigenvalue weighted by Crippen LogP contribution is 2.21. The molecule has 1 fully saturated rings. The van der Waals surface area contributed by atoms with Crippen molar-refractivity contribution in [3.05, 3.63) is 0 Å². The van der Waals surface area contributed by atoms with Crippen LogP contribution >= 0.6 is 0 Å². The van der Waals surface area contributed by atoms with E-state index in [4.69, 9.17) is 0 Å². The Morgan fingerprint density at radius 3 is 2.53 bits per heavy atom. The van der Waals surface area contributed by atoms with Crippen molar-refractivity contribution in [3.8, 4) is 0 Å². The molecule has 0 aromatic rings. The van der Waals surface area contributed by atoms with E-state index in [9.17, 15) is 4.79 Å². The van der Waals surface area contributed by atoms with Crippen LogP contribution in [0.4, 0.5) is 0 Å². The van der Waals surface area contributed by atoms with Crippen molar-refractivity contribution in [2.45, 2.75) is 46.0 Å². The highest BCUT2D eigenvalue weighted by Gasteiger charge is 2.23. The first kappa shape index (κ1) is 16.6. The van der Waals surface area contributed by atoms with Gasteiger partial charge in [0.2, 0.25) is 0 Å². The molecule has 1 aliphatic carbocycles. The summed E-state index contributed by atoms with van der Waals surface area (Å²) < 4.78 is 0. The van der Waals surface area contributed by atoms with E-state index >= 15 is 0 Å². The van der Waals surface area contributed by atoms with Crippen LogP contribution in [-0.4, -0.2) is 55.9 Å². The first-order chi connectivity index (χ1) is 8.99. The van der Waals surface area contributed by atoms with Crippen LogP contribution in [-0.2, 0) is 4.79 Å². The molecule has 1 saturated carbocycles. The van der Waals surface area contributed by atoms with Crippen LogP contribution in [0, 0.1) is 11.8 Å². The molecule has 3 heteroatoms. The highest BCUT2D eigenvalue weighted by molar-refractivity contribution is 5.81. The largest absolute Gasteiger partial charge is 0.308 e. The fourth-order valence-electron chi connectivity index (χ4n) is 2.85. The summed E-state index contributed by atoms with van der Waals surface area (Å²) in [6.07, 6.45) is 5.50. The Labute approximate surface area is 119 Å². The maximum atomic E-state index is 12.1. The predicted octanol–water partition coefficient (Wildman–Crippen LogP) is 2.66. The van der Waals surface area contributed by atoms with Crippen LogP contribution in [0.5, 0.6) is 0 Å². The van der Waals surface area contributed by atoms with Gasteiger partial charge in [0, 0.05) is 38.5 Å². The minimum atomic E-state index is 0.295. The van der Waals surface area contributed by atoms with Crippen LogP contribution in [0.3, 0.4) is 0 Å². The fourth-order valence-corrected chi connectivity index (χ4v) is 2.85. The molecule has 0 N–H and O–H groups in total. The molecule has 0 bridgehead atoms. The van der Waals surface area contributed by atoms with E-state index in [2.05, 4.69) is 37.7 Å². The van der Waals surface area contributed by atoms with Gasteiger partial charge in [-0.15, -0.1) is 0 Å². The van der Waals surface area contributed by atoms with Crippen LogP contribution in [0.1, 0.15) is 46.0 Å². The van der Waals surface area contributed by atoms with Crippen molar-refractivity contribution in [2.24, 2.45) is 11.8 Å². The van der Waals surface area contributed by atoms with Gasteiger partial charge in [-0.2, -0.15) is 0 Å². The molecular weight excluding hydrogens is 236 g/mol. The van der Waals surface area contributed by atoms with E-state index in [1.165, 1.54) is 12.8 Å². The molecule has 1 aliphatic rings.